The Kier molecular flexibility index (Phi) is 5.32. The van der Waals surface area contributed by atoms with Gasteiger partial charge in [0.1, 0.15) is 11.5 Å². The number of rotatable bonds is 5. The number of hydrogen-bond donors (Lipinski definition) is 0. The fourth-order valence-electron chi connectivity index (χ4n) is 2.12. The van der Waals surface area contributed by atoms with Gasteiger partial charge in [-0.2, -0.15) is 0 Å². The van der Waals surface area contributed by atoms with Crippen molar-refractivity contribution >= 4 is 27.5 Å². The molecule has 1 unspecified atom stereocenters. The highest BCUT2D eigenvalue weighted by Gasteiger charge is 2.18. The summed E-state index contributed by atoms with van der Waals surface area (Å²) in [6, 6.07) is 13.6. The van der Waals surface area contributed by atoms with Crippen LogP contribution in [0.15, 0.2) is 42.5 Å². The largest absolute Gasteiger partial charge is 0.496 e. The first kappa shape index (κ1) is 15.2. The molecule has 0 aromatic heterocycles. The first-order valence-corrected chi connectivity index (χ1v) is 7.54. The average molecular weight is 356 g/mol. The van der Waals surface area contributed by atoms with Crippen LogP contribution in [0.1, 0.15) is 16.0 Å². The lowest BCUT2D eigenvalue weighted by atomic mass is 10.0. The topological polar surface area (TPSA) is 18.5 Å². The molecule has 0 saturated heterocycles. The van der Waals surface area contributed by atoms with Crippen LogP contribution in [0.2, 0.25) is 5.02 Å². The molecular weight excluding hydrogens is 340 g/mol. The van der Waals surface area contributed by atoms with E-state index in [1.165, 1.54) is 5.56 Å². The molecule has 0 bridgehead atoms. The van der Waals surface area contributed by atoms with Gasteiger partial charge >= 0.3 is 0 Å². The molecule has 2 aromatic carbocycles. The summed E-state index contributed by atoms with van der Waals surface area (Å²) in [5.74, 6) is 1.64. The van der Waals surface area contributed by atoms with Crippen molar-refractivity contribution in [3.63, 3.8) is 0 Å². The maximum atomic E-state index is 5.91. The highest BCUT2D eigenvalue weighted by molar-refractivity contribution is 9.09. The summed E-state index contributed by atoms with van der Waals surface area (Å²) in [5.41, 5.74) is 2.22. The van der Waals surface area contributed by atoms with Gasteiger partial charge in [0.25, 0.3) is 0 Å². The molecule has 0 radical (unpaired) electrons. The van der Waals surface area contributed by atoms with Crippen LogP contribution in [-0.2, 0) is 6.42 Å². The molecule has 2 nitrogen and oxygen atoms in total. The van der Waals surface area contributed by atoms with Gasteiger partial charge in [0.15, 0.2) is 0 Å². The van der Waals surface area contributed by atoms with Crippen molar-refractivity contribution in [2.75, 3.05) is 14.2 Å². The minimum absolute atomic E-state index is 0.106. The Morgan fingerprint density at radius 2 is 1.55 bits per heavy atom. The number of methoxy groups -OCH3 is 2. The van der Waals surface area contributed by atoms with Gasteiger partial charge in [0, 0.05) is 5.02 Å². The van der Waals surface area contributed by atoms with Crippen LogP contribution in [0.25, 0.3) is 0 Å². The maximum absolute atomic E-state index is 5.91. The first-order chi connectivity index (χ1) is 9.65. The van der Waals surface area contributed by atoms with E-state index in [1.807, 2.05) is 42.5 Å². The summed E-state index contributed by atoms with van der Waals surface area (Å²) >= 11 is 9.64. The Hall–Kier alpha value is -1.19. The average Bonchev–Trinajstić information content (AvgIpc) is 2.48. The second-order valence-corrected chi connectivity index (χ2v) is 5.92. The third-order valence-corrected chi connectivity index (χ3v) is 4.14. The van der Waals surface area contributed by atoms with Crippen molar-refractivity contribution in [1.29, 1.82) is 0 Å². The van der Waals surface area contributed by atoms with Crippen LogP contribution in [0.5, 0.6) is 11.5 Å². The van der Waals surface area contributed by atoms with Crippen LogP contribution in [-0.4, -0.2) is 14.2 Å². The second kappa shape index (κ2) is 7.00. The van der Waals surface area contributed by atoms with Crippen molar-refractivity contribution in [3.05, 3.63) is 58.6 Å². The van der Waals surface area contributed by atoms with Gasteiger partial charge in [-0.15, -0.1) is 0 Å². The lowest BCUT2D eigenvalue weighted by Crippen LogP contribution is -2.02. The van der Waals surface area contributed by atoms with E-state index >= 15 is 0 Å². The van der Waals surface area contributed by atoms with E-state index in [0.717, 1.165) is 28.5 Å². The highest BCUT2D eigenvalue weighted by atomic mass is 79.9. The van der Waals surface area contributed by atoms with Gasteiger partial charge < -0.3 is 9.47 Å². The SMILES string of the molecule is COc1cccc(OC)c1C(Br)Cc1ccc(Cl)cc1. The maximum Gasteiger partial charge on any atom is 0.126 e. The molecular formula is C16H16BrClO2. The number of hydrogen-bond acceptors (Lipinski definition) is 2. The zero-order valence-electron chi connectivity index (χ0n) is 11.4. The number of alkyl halides is 1. The molecule has 0 aliphatic heterocycles. The Morgan fingerprint density at radius 3 is 2.05 bits per heavy atom. The molecule has 1 atom stereocenters. The summed E-state index contributed by atoms with van der Waals surface area (Å²) in [6.45, 7) is 0. The molecule has 0 spiro atoms. The smallest absolute Gasteiger partial charge is 0.126 e. The lowest BCUT2D eigenvalue weighted by molar-refractivity contribution is 0.385. The summed E-state index contributed by atoms with van der Waals surface area (Å²) in [5, 5.41) is 0.745. The molecule has 0 aliphatic rings. The predicted octanol–water partition coefficient (Wildman–Crippen LogP) is 5.04. The van der Waals surface area contributed by atoms with Crippen LogP contribution in [0, 0.1) is 0 Å². The minimum atomic E-state index is 0.106. The van der Waals surface area contributed by atoms with E-state index in [0.29, 0.717) is 0 Å². The normalized spacial score (nSPS) is 12.0. The molecule has 0 heterocycles. The van der Waals surface area contributed by atoms with Crippen LogP contribution in [0.4, 0.5) is 0 Å². The van der Waals surface area contributed by atoms with Gasteiger partial charge in [0.05, 0.1) is 24.6 Å². The highest BCUT2D eigenvalue weighted by Crippen LogP contribution is 2.40. The molecule has 0 N–H and O–H groups in total. The van der Waals surface area contributed by atoms with Gasteiger partial charge in [0.2, 0.25) is 0 Å². The van der Waals surface area contributed by atoms with Gasteiger partial charge in [-0.3, -0.25) is 0 Å². The summed E-state index contributed by atoms with van der Waals surface area (Å²) < 4.78 is 10.9. The van der Waals surface area contributed by atoms with Crippen molar-refractivity contribution < 1.29 is 9.47 Å². The van der Waals surface area contributed by atoms with E-state index < -0.39 is 0 Å². The van der Waals surface area contributed by atoms with Crippen LogP contribution < -0.4 is 9.47 Å². The molecule has 20 heavy (non-hydrogen) atoms. The fourth-order valence-corrected chi connectivity index (χ4v) is 3.07. The van der Waals surface area contributed by atoms with E-state index in [2.05, 4.69) is 15.9 Å². The van der Waals surface area contributed by atoms with Crippen LogP contribution in [0.3, 0.4) is 0 Å². The second-order valence-electron chi connectivity index (χ2n) is 4.37. The summed E-state index contributed by atoms with van der Waals surface area (Å²) in [4.78, 5) is 0.106. The third-order valence-electron chi connectivity index (χ3n) is 3.11. The fraction of sp³-hybridized carbons (Fsp3) is 0.250. The zero-order chi connectivity index (χ0) is 14.5. The van der Waals surface area contributed by atoms with Crippen molar-refractivity contribution in [2.24, 2.45) is 0 Å². The van der Waals surface area contributed by atoms with Crippen molar-refractivity contribution in [1.82, 2.24) is 0 Å². The monoisotopic (exact) mass is 354 g/mol. The zero-order valence-corrected chi connectivity index (χ0v) is 13.7. The Bertz CT molecular complexity index is 547. The molecule has 2 rings (SSSR count). The lowest BCUT2D eigenvalue weighted by Gasteiger charge is -2.17. The van der Waals surface area contributed by atoms with E-state index in [1.54, 1.807) is 14.2 Å². The van der Waals surface area contributed by atoms with E-state index in [9.17, 15) is 0 Å². The number of ether oxygens (including phenoxy) is 2. The number of halogens is 2. The summed E-state index contributed by atoms with van der Waals surface area (Å²) in [7, 11) is 3.33. The molecule has 4 heteroatoms. The first-order valence-electron chi connectivity index (χ1n) is 6.25. The Labute approximate surface area is 132 Å². The van der Waals surface area contributed by atoms with Gasteiger partial charge in [-0.25, -0.2) is 0 Å². The number of benzene rings is 2. The quantitative estimate of drug-likeness (QED) is 0.700. The van der Waals surface area contributed by atoms with Crippen molar-refractivity contribution in [2.45, 2.75) is 11.2 Å². The standard InChI is InChI=1S/C16H16BrClO2/c1-19-14-4-3-5-15(20-2)16(14)13(17)10-11-6-8-12(18)9-7-11/h3-9,13H,10H2,1-2H3. The van der Waals surface area contributed by atoms with Crippen LogP contribution >= 0.6 is 27.5 Å². The molecule has 106 valence electrons. The van der Waals surface area contributed by atoms with E-state index in [4.69, 9.17) is 21.1 Å². The molecule has 0 amide bonds. The van der Waals surface area contributed by atoms with Gasteiger partial charge in [-0.1, -0.05) is 45.7 Å². The Balaban J connectivity index is 2.28. The summed E-state index contributed by atoms with van der Waals surface area (Å²) in [6.07, 6.45) is 0.827. The molecule has 0 aliphatic carbocycles. The minimum Gasteiger partial charge on any atom is -0.496 e. The molecule has 0 fully saturated rings. The van der Waals surface area contributed by atoms with E-state index in [-0.39, 0.29) is 4.83 Å². The Morgan fingerprint density at radius 1 is 1.00 bits per heavy atom. The molecule has 0 saturated carbocycles. The van der Waals surface area contributed by atoms with Gasteiger partial charge in [-0.05, 0) is 36.2 Å². The van der Waals surface area contributed by atoms with Crippen molar-refractivity contribution in [3.8, 4) is 11.5 Å². The third kappa shape index (κ3) is 3.47. The predicted molar refractivity (Wildman–Crippen MR) is 86.4 cm³/mol. The molecule has 2 aromatic rings.